The maximum absolute atomic E-state index is 11.3. The number of urea groups is 1. The first-order valence-corrected chi connectivity index (χ1v) is 6.46. The van der Waals surface area contributed by atoms with Crippen molar-refractivity contribution in [1.82, 2.24) is 4.98 Å². The van der Waals surface area contributed by atoms with Gasteiger partial charge in [-0.25, -0.2) is 9.79 Å². The fraction of sp³-hybridized carbons (Fsp3) is 0.0714. The Morgan fingerprint density at radius 1 is 1.30 bits per heavy atom. The summed E-state index contributed by atoms with van der Waals surface area (Å²) in [6.45, 7) is 5.06. The fourth-order valence-electron chi connectivity index (χ4n) is 1.75. The highest BCUT2D eigenvalue weighted by molar-refractivity contribution is 6.39. The number of carbonyl (C=O) groups excluding carboxylic acids is 1. The number of nitrogens with zero attached hydrogens (tertiary/aromatic N) is 2. The second-order valence-electron chi connectivity index (χ2n) is 4.10. The van der Waals surface area contributed by atoms with Crippen LogP contribution in [0.3, 0.4) is 0 Å². The Hall–Kier alpha value is -1.91. The lowest BCUT2D eigenvalue weighted by atomic mass is 10.0. The third-order valence-corrected chi connectivity index (χ3v) is 3.34. The van der Waals surface area contributed by atoms with E-state index in [1.165, 1.54) is 12.4 Å². The number of amides is 2. The van der Waals surface area contributed by atoms with Gasteiger partial charge in [-0.1, -0.05) is 35.3 Å². The molecule has 2 aromatic rings. The SMILES string of the molecule is C=NC(=O)Nc1cc(-c2c(Cl)cncc2Cl)ccc1C. The average molecular weight is 308 g/mol. The number of pyridine rings is 1. The third kappa shape index (κ3) is 2.98. The lowest BCUT2D eigenvalue weighted by molar-refractivity contribution is 0.260. The topological polar surface area (TPSA) is 54.4 Å². The molecular formula is C14H11Cl2N3O. The highest BCUT2D eigenvalue weighted by Crippen LogP contribution is 2.35. The molecule has 0 atom stereocenters. The van der Waals surface area contributed by atoms with Crippen LogP contribution in [0.25, 0.3) is 11.1 Å². The molecule has 0 unspecified atom stereocenters. The number of carbonyl (C=O) groups is 1. The Morgan fingerprint density at radius 2 is 1.95 bits per heavy atom. The van der Waals surface area contributed by atoms with Crippen molar-refractivity contribution in [3.63, 3.8) is 0 Å². The van der Waals surface area contributed by atoms with E-state index in [1.54, 1.807) is 6.07 Å². The first-order valence-electron chi connectivity index (χ1n) is 5.70. The van der Waals surface area contributed by atoms with Crippen LogP contribution in [0.15, 0.2) is 35.6 Å². The predicted molar refractivity (Wildman–Crippen MR) is 83.0 cm³/mol. The van der Waals surface area contributed by atoms with Crippen LogP contribution in [0.4, 0.5) is 10.5 Å². The summed E-state index contributed by atoms with van der Waals surface area (Å²) in [4.78, 5) is 18.5. The molecule has 1 aromatic heterocycles. The number of aromatic nitrogens is 1. The number of benzene rings is 1. The van der Waals surface area contributed by atoms with Gasteiger partial charge < -0.3 is 5.32 Å². The molecule has 0 aliphatic heterocycles. The third-order valence-electron chi connectivity index (χ3n) is 2.76. The van der Waals surface area contributed by atoms with Gasteiger partial charge in [-0.3, -0.25) is 4.98 Å². The Bertz CT molecular complexity index is 666. The molecule has 0 spiro atoms. The minimum absolute atomic E-state index is 0.445. The number of nitrogens with one attached hydrogen (secondary N) is 1. The van der Waals surface area contributed by atoms with Crippen molar-refractivity contribution in [1.29, 1.82) is 0 Å². The van der Waals surface area contributed by atoms with Gasteiger partial charge in [-0.05, 0) is 30.8 Å². The van der Waals surface area contributed by atoms with Crippen LogP contribution in [0.5, 0.6) is 0 Å². The standard InChI is InChI=1S/C14H11Cl2N3O/c1-8-3-4-9(5-12(8)19-14(20)17-2)13-10(15)6-18-7-11(13)16/h3-7H,2H2,1H3,(H,19,20). The van der Waals surface area contributed by atoms with E-state index in [2.05, 4.69) is 22.0 Å². The summed E-state index contributed by atoms with van der Waals surface area (Å²) in [6, 6.07) is 5.00. The summed E-state index contributed by atoms with van der Waals surface area (Å²) < 4.78 is 0. The maximum Gasteiger partial charge on any atom is 0.344 e. The minimum Gasteiger partial charge on any atom is -0.306 e. The van der Waals surface area contributed by atoms with Crippen molar-refractivity contribution >= 4 is 41.6 Å². The molecule has 0 bridgehead atoms. The van der Waals surface area contributed by atoms with Gasteiger partial charge in [0.2, 0.25) is 0 Å². The van der Waals surface area contributed by atoms with Gasteiger partial charge in [0.25, 0.3) is 0 Å². The number of hydrogen-bond donors (Lipinski definition) is 1. The molecule has 0 radical (unpaired) electrons. The van der Waals surface area contributed by atoms with Crippen LogP contribution in [-0.4, -0.2) is 17.7 Å². The lowest BCUT2D eigenvalue weighted by Gasteiger charge is -2.11. The van der Waals surface area contributed by atoms with Gasteiger partial charge in [0, 0.05) is 23.6 Å². The summed E-state index contributed by atoms with van der Waals surface area (Å²) in [5.74, 6) is 0. The smallest absolute Gasteiger partial charge is 0.306 e. The molecule has 0 aliphatic carbocycles. The van der Waals surface area contributed by atoms with Crippen molar-refractivity contribution in [2.45, 2.75) is 6.92 Å². The van der Waals surface area contributed by atoms with Crippen molar-refractivity contribution in [2.24, 2.45) is 4.99 Å². The Balaban J connectivity index is 2.51. The first kappa shape index (κ1) is 14.5. The molecule has 0 saturated carbocycles. The number of rotatable bonds is 2. The van der Waals surface area contributed by atoms with E-state index in [-0.39, 0.29) is 0 Å². The zero-order valence-corrected chi connectivity index (χ0v) is 12.2. The van der Waals surface area contributed by atoms with Gasteiger partial charge in [-0.15, -0.1) is 0 Å². The molecule has 1 N–H and O–H groups in total. The van der Waals surface area contributed by atoms with Crippen LogP contribution in [0.2, 0.25) is 10.0 Å². The molecule has 0 aliphatic rings. The van der Waals surface area contributed by atoms with Gasteiger partial charge in [0.15, 0.2) is 0 Å². The van der Waals surface area contributed by atoms with Crippen molar-refractivity contribution in [2.75, 3.05) is 5.32 Å². The van der Waals surface area contributed by atoms with Gasteiger partial charge >= 0.3 is 6.03 Å². The Morgan fingerprint density at radius 3 is 2.55 bits per heavy atom. The van der Waals surface area contributed by atoms with Crippen molar-refractivity contribution in [3.05, 3.63) is 46.2 Å². The van der Waals surface area contributed by atoms with E-state index in [0.717, 1.165) is 11.1 Å². The quantitative estimate of drug-likeness (QED) is 0.825. The monoisotopic (exact) mass is 307 g/mol. The molecule has 1 aromatic carbocycles. The van der Waals surface area contributed by atoms with Gasteiger partial charge in [-0.2, -0.15) is 0 Å². The summed E-state index contributed by atoms with van der Waals surface area (Å²) in [5, 5.41) is 3.53. The normalized spacial score (nSPS) is 10.2. The highest BCUT2D eigenvalue weighted by atomic mass is 35.5. The predicted octanol–water partition coefficient (Wildman–Crippen LogP) is 4.60. The average Bonchev–Trinajstić information content (AvgIpc) is 2.42. The van der Waals surface area contributed by atoms with Crippen molar-refractivity contribution in [3.8, 4) is 11.1 Å². The Labute approximate surface area is 126 Å². The summed E-state index contributed by atoms with van der Waals surface area (Å²) in [6.07, 6.45) is 3.04. The number of aryl methyl sites for hydroxylation is 1. The maximum atomic E-state index is 11.3. The number of hydrogen-bond acceptors (Lipinski definition) is 2. The molecule has 0 fully saturated rings. The molecule has 4 nitrogen and oxygen atoms in total. The number of halogens is 2. The Kier molecular flexibility index (Phi) is 4.37. The highest BCUT2D eigenvalue weighted by Gasteiger charge is 2.11. The second kappa shape index (κ2) is 6.03. The zero-order chi connectivity index (χ0) is 14.7. The number of aliphatic imine (C=N–C) groups is 1. The molecule has 0 saturated heterocycles. The minimum atomic E-state index is -0.517. The van der Waals surface area contributed by atoms with E-state index >= 15 is 0 Å². The van der Waals surface area contributed by atoms with E-state index in [9.17, 15) is 4.79 Å². The number of anilines is 1. The van der Waals surface area contributed by atoms with E-state index < -0.39 is 6.03 Å². The van der Waals surface area contributed by atoms with Crippen molar-refractivity contribution < 1.29 is 4.79 Å². The van der Waals surface area contributed by atoms with E-state index in [1.807, 2.05) is 19.1 Å². The largest absolute Gasteiger partial charge is 0.344 e. The van der Waals surface area contributed by atoms with Crippen LogP contribution in [0, 0.1) is 6.92 Å². The van der Waals surface area contributed by atoms with Gasteiger partial charge in [0.1, 0.15) is 0 Å². The van der Waals surface area contributed by atoms with E-state index in [4.69, 9.17) is 23.2 Å². The second-order valence-corrected chi connectivity index (χ2v) is 4.91. The molecule has 2 rings (SSSR count). The summed E-state index contributed by atoms with van der Waals surface area (Å²) in [7, 11) is 0. The molecule has 6 heteroatoms. The van der Waals surface area contributed by atoms with E-state index in [0.29, 0.717) is 21.3 Å². The van der Waals surface area contributed by atoms with Crippen LogP contribution in [0.1, 0.15) is 5.56 Å². The van der Waals surface area contributed by atoms with Crippen LogP contribution in [-0.2, 0) is 0 Å². The molecule has 2 amide bonds. The van der Waals surface area contributed by atoms with Crippen LogP contribution < -0.4 is 5.32 Å². The molecule has 20 heavy (non-hydrogen) atoms. The lowest BCUT2D eigenvalue weighted by Crippen LogP contribution is -2.06. The summed E-state index contributed by atoms with van der Waals surface area (Å²) in [5.41, 5.74) is 2.98. The first-order chi connectivity index (χ1) is 9.52. The van der Waals surface area contributed by atoms with Crippen LogP contribution >= 0.6 is 23.2 Å². The zero-order valence-electron chi connectivity index (χ0n) is 10.7. The molecule has 102 valence electrons. The summed E-state index contributed by atoms with van der Waals surface area (Å²) >= 11 is 12.3. The molecule has 1 heterocycles. The molecular weight excluding hydrogens is 297 g/mol. The fourth-order valence-corrected chi connectivity index (χ4v) is 2.34. The van der Waals surface area contributed by atoms with Gasteiger partial charge in [0.05, 0.1) is 10.0 Å².